The Labute approximate surface area is 107 Å². The highest BCUT2D eigenvalue weighted by atomic mass is 16.3. The van der Waals surface area contributed by atoms with Crippen LogP contribution in [0.3, 0.4) is 0 Å². The summed E-state index contributed by atoms with van der Waals surface area (Å²) in [7, 11) is 0. The third-order valence-corrected chi connectivity index (χ3v) is 4.12. The molecule has 1 saturated heterocycles. The van der Waals surface area contributed by atoms with Gasteiger partial charge >= 0.3 is 0 Å². The molecule has 2 heteroatoms. The zero-order valence-corrected chi connectivity index (χ0v) is 11.8. The largest absolute Gasteiger partial charge is 0.393 e. The number of hydrogen-bond acceptors (Lipinski definition) is 2. The van der Waals surface area contributed by atoms with Crippen LogP contribution in [-0.4, -0.2) is 35.7 Å². The summed E-state index contributed by atoms with van der Waals surface area (Å²) in [6.45, 7) is 8.12. The summed E-state index contributed by atoms with van der Waals surface area (Å²) in [6.07, 6.45) is 9.93. The van der Waals surface area contributed by atoms with Gasteiger partial charge in [-0.05, 0) is 64.1 Å². The highest BCUT2D eigenvalue weighted by Crippen LogP contribution is 2.22. The maximum atomic E-state index is 9.54. The Kier molecular flexibility index (Phi) is 7.87. The molecule has 1 rings (SSSR count). The quantitative estimate of drug-likeness (QED) is 0.738. The molecular formula is C15H31NO. The summed E-state index contributed by atoms with van der Waals surface area (Å²) >= 11 is 0. The van der Waals surface area contributed by atoms with Crippen LogP contribution in [0.25, 0.3) is 0 Å². The average Bonchev–Trinajstić information content (AvgIpc) is 2.55. The summed E-state index contributed by atoms with van der Waals surface area (Å²) in [6, 6.07) is 0. The van der Waals surface area contributed by atoms with Gasteiger partial charge < -0.3 is 10.0 Å². The fourth-order valence-corrected chi connectivity index (χ4v) is 2.90. The number of rotatable bonds is 7. The van der Waals surface area contributed by atoms with Crippen molar-refractivity contribution in [1.29, 1.82) is 0 Å². The standard InChI is InChI=1S/C15H31NO/c1-3-7-14-8-5-11-16(13-10-14)12-6-9-15(17)4-2/h14-15,17H,3-13H2,1-2H3. The summed E-state index contributed by atoms with van der Waals surface area (Å²) in [4.78, 5) is 2.61. The van der Waals surface area contributed by atoms with Crippen LogP contribution in [0, 0.1) is 5.92 Å². The number of likely N-dealkylation sites (tertiary alicyclic amines) is 1. The highest BCUT2D eigenvalue weighted by Gasteiger charge is 2.16. The van der Waals surface area contributed by atoms with E-state index in [0.29, 0.717) is 0 Å². The fourth-order valence-electron chi connectivity index (χ4n) is 2.90. The lowest BCUT2D eigenvalue weighted by Gasteiger charge is -2.20. The summed E-state index contributed by atoms with van der Waals surface area (Å²) in [5.41, 5.74) is 0. The van der Waals surface area contributed by atoms with Crippen molar-refractivity contribution in [2.24, 2.45) is 5.92 Å². The second-order valence-corrected chi connectivity index (χ2v) is 5.63. The molecule has 0 aromatic heterocycles. The maximum absolute atomic E-state index is 9.54. The smallest absolute Gasteiger partial charge is 0.0538 e. The minimum atomic E-state index is -0.0742. The van der Waals surface area contributed by atoms with Crippen LogP contribution in [0.15, 0.2) is 0 Å². The molecule has 1 aliphatic heterocycles. The molecule has 0 aromatic rings. The summed E-state index contributed by atoms with van der Waals surface area (Å²) in [5.74, 6) is 0.978. The van der Waals surface area contributed by atoms with Crippen LogP contribution in [0.5, 0.6) is 0 Å². The number of aliphatic hydroxyl groups is 1. The van der Waals surface area contributed by atoms with Gasteiger partial charge in [-0.3, -0.25) is 0 Å². The van der Waals surface area contributed by atoms with Gasteiger partial charge in [-0.2, -0.15) is 0 Å². The van der Waals surface area contributed by atoms with E-state index in [1.165, 1.54) is 51.7 Å². The van der Waals surface area contributed by atoms with Gasteiger partial charge in [-0.1, -0.05) is 26.7 Å². The number of hydrogen-bond donors (Lipinski definition) is 1. The Morgan fingerprint density at radius 3 is 2.76 bits per heavy atom. The number of aliphatic hydroxyl groups excluding tert-OH is 1. The van der Waals surface area contributed by atoms with Crippen molar-refractivity contribution >= 4 is 0 Å². The van der Waals surface area contributed by atoms with Gasteiger partial charge in [0.25, 0.3) is 0 Å². The Bertz CT molecular complexity index is 184. The highest BCUT2D eigenvalue weighted by molar-refractivity contribution is 4.70. The van der Waals surface area contributed by atoms with Crippen molar-refractivity contribution in [3.8, 4) is 0 Å². The van der Waals surface area contributed by atoms with E-state index in [0.717, 1.165) is 25.2 Å². The SMILES string of the molecule is CCCC1CCCN(CCCC(O)CC)CC1. The second kappa shape index (κ2) is 8.93. The molecule has 0 aliphatic carbocycles. The minimum Gasteiger partial charge on any atom is -0.393 e. The van der Waals surface area contributed by atoms with E-state index in [4.69, 9.17) is 0 Å². The van der Waals surface area contributed by atoms with E-state index in [9.17, 15) is 5.11 Å². The van der Waals surface area contributed by atoms with Gasteiger partial charge in [-0.25, -0.2) is 0 Å². The molecule has 0 saturated carbocycles. The molecule has 1 aliphatic rings. The molecule has 0 amide bonds. The molecular weight excluding hydrogens is 210 g/mol. The first-order valence-corrected chi connectivity index (χ1v) is 7.66. The van der Waals surface area contributed by atoms with Crippen LogP contribution in [0.2, 0.25) is 0 Å². The molecule has 0 aromatic carbocycles. The molecule has 17 heavy (non-hydrogen) atoms. The van der Waals surface area contributed by atoms with E-state index in [-0.39, 0.29) is 6.10 Å². The van der Waals surface area contributed by atoms with E-state index in [1.54, 1.807) is 0 Å². The van der Waals surface area contributed by atoms with Crippen LogP contribution in [-0.2, 0) is 0 Å². The first-order valence-electron chi connectivity index (χ1n) is 7.66. The molecule has 2 atom stereocenters. The third-order valence-electron chi connectivity index (χ3n) is 4.12. The van der Waals surface area contributed by atoms with Crippen molar-refractivity contribution in [3.05, 3.63) is 0 Å². The van der Waals surface area contributed by atoms with Gasteiger partial charge in [0, 0.05) is 0 Å². The van der Waals surface area contributed by atoms with Gasteiger partial charge in [-0.15, -0.1) is 0 Å². The monoisotopic (exact) mass is 241 g/mol. The normalized spacial score (nSPS) is 24.5. The molecule has 0 spiro atoms. The van der Waals surface area contributed by atoms with Gasteiger partial charge in [0.1, 0.15) is 0 Å². The summed E-state index contributed by atoms with van der Waals surface area (Å²) in [5, 5.41) is 9.54. The lowest BCUT2D eigenvalue weighted by Crippen LogP contribution is -2.26. The van der Waals surface area contributed by atoms with Crippen molar-refractivity contribution < 1.29 is 5.11 Å². The first kappa shape index (κ1) is 15.0. The Balaban J connectivity index is 2.13. The van der Waals surface area contributed by atoms with Crippen LogP contribution in [0.1, 0.15) is 65.2 Å². The maximum Gasteiger partial charge on any atom is 0.0538 e. The Morgan fingerprint density at radius 1 is 1.24 bits per heavy atom. The zero-order chi connectivity index (χ0) is 12.5. The second-order valence-electron chi connectivity index (χ2n) is 5.63. The van der Waals surface area contributed by atoms with Crippen molar-refractivity contribution in [2.75, 3.05) is 19.6 Å². The van der Waals surface area contributed by atoms with Crippen molar-refractivity contribution in [2.45, 2.75) is 71.3 Å². The molecule has 0 radical (unpaired) electrons. The minimum absolute atomic E-state index is 0.0742. The molecule has 1 N–H and O–H groups in total. The van der Waals surface area contributed by atoms with Gasteiger partial charge in [0.05, 0.1) is 6.10 Å². The van der Waals surface area contributed by atoms with Gasteiger partial charge in [0.15, 0.2) is 0 Å². The topological polar surface area (TPSA) is 23.5 Å². The number of nitrogens with zero attached hydrogens (tertiary/aromatic N) is 1. The molecule has 0 bridgehead atoms. The molecule has 102 valence electrons. The van der Waals surface area contributed by atoms with Crippen LogP contribution < -0.4 is 0 Å². The van der Waals surface area contributed by atoms with E-state index >= 15 is 0 Å². The average molecular weight is 241 g/mol. The van der Waals surface area contributed by atoms with Crippen LogP contribution in [0.4, 0.5) is 0 Å². The lowest BCUT2D eigenvalue weighted by atomic mass is 9.96. The molecule has 2 unspecified atom stereocenters. The first-order chi connectivity index (χ1) is 8.26. The predicted octanol–water partition coefficient (Wildman–Crippen LogP) is 3.44. The van der Waals surface area contributed by atoms with E-state index in [1.807, 2.05) is 0 Å². The Morgan fingerprint density at radius 2 is 2.06 bits per heavy atom. The van der Waals surface area contributed by atoms with Gasteiger partial charge in [0.2, 0.25) is 0 Å². The zero-order valence-electron chi connectivity index (χ0n) is 11.8. The third kappa shape index (κ3) is 6.42. The van der Waals surface area contributed by atoms with Crippen molar-refractivity contribution in [3.63, 3.8) is 0 Å². The fraction of sp³-hybridized carbons (Fsp3) is 1.00. The predicted molar refractivity (Wildman–Crippen MR) is 74.2 cm³/mol. The molecule has 1 heterocycles. The molecule has 2 nitrogen and oxygen atoms in total. The van der Waals surface area contributed by atoms with Crippen LogP contribution >= 0.6 is 0 Å². The lowest BCUT2D eigenvalue weighted by molar-refractivity contribution is 0.149. The van der Waals surface area contributed by atoms with E-state index in [2.05, 4.69) is 18.7 Å². The van der Waals surface area contributed by atoms with E-state index < -0.39 is 0 Å². The van der Waals surface area contributed by atoms with Crippen molar-refractivity contribution in [1.82, 2.24) is 4.90 Å². The summed E-state index contributed by atoms with van der Waals surface area (Å²) < 4.78 is 0. The Hall–Kier alpha value is -0.0800. The molecule has 1 fully saturated rings.